The maximum atomic E-state index is 12.6. The van der Waals surface area contributed by atoms with Crippen molar-refractivity contribution in [1.29, 1.82) is 0 Å². The van der Waals surface area contributed by atoms with Crippen molar-refractivity contribution in [1.82, 2.24) is 29.8 Å². The molecule has 158 valence electrons. The number of aryl methyl sites for hydroxylation is 2. The first-order valence-electron chi connectivity index (χ1n) is 10.4. The van der Waals surface area contributed by atoms with Crippen molar-refractivity contribution in [2.24, 2.45) is 0 Å². The second kappa shape index (κ2) is 9.14. The van der Waals surface area contributed by atoms with Gasteiger partial charge in [-0.2, -0.15) is 4.98 Å². The van der Waals surface area contributed by atoms with Crippen LogP contribution in [0.3, 0.4) is 0 Å². The van der Waals surface area contributed by atoms with Crippen LogP contribution in [0.25, 0.3) is 5.78 Å². The number of thioether (sulfide) groups is 1. The van der Waals surface area contributed by atoms with Crippen LogP contribution < -0.4 is 5.32 Å². The van der Waals surface area contributed by atoms with Gasteiger partial charge in [0.25, 0.3) is 5.78 Å². The molecular formula is C22H28N6OS. The Morgan fingerprint density at radius 2 is 1.80 bits per heavy atom. The fraction of sp³-hybridized carbons (Fsp3) is 0.455. The molecule has 3 aromatic rings. The maximum absolute atomic E-state index is 12.6. The number of nitrogens with zero attached hydrogens (tertiary/aromatic N) is 5. The molecule has 2 aromatic heterocycles. The molecule has 0 unspecified atom stereocenters. The SMILES string of the molecule is CSc1nc2nc(C)c(CC(=O)NCc3ccc(CN4CCCC4)cc3)c(C)n2n1. The highest BCUT2D eigenvalue weighted by atomic mass is 32.2. The van der Waals surface area contributed by atoms with Crippen LogP contribution >= 0.6 is 11.8 Å². The molecule has 1 saturated heterocycles. The summed E-state index contributed by atoms with van der Waals surface area (Å²) in [5.41, 5.74) is 5.07. The van der Waals surface area contributed by atoms with E-state index < -0.39 is 0 Å². The molecule has 0 radical (unpaired) electrons. The largest absolute Gasteiger partial charge is 0.352 e. The lowest BCUT2D eigenvalue weighted by molar-refractivity contribution is -0.120. The molecule has 0 atom stereocenters. The number of hydrogen-bond donors (Lipinski definition) is 1. The number of aromatic nitrogens is 4. The number of rotatable bonds is 7. The summed E-state index contributed by atoms with van der Waals surface area (Å²) in [5, 5.41) is 8.16. The summed E-state index contributed by atoms with van der Waals surface area (Å²) >= 11 is 1.48. The van der Waals surface area contributed by atoms with Crippen LogP contribution in [0, 0.1) is 13.8 Å². The molecule has 8 heteroatoms. The Hall–Kier alpha value is -2.45. The van der Waals surface area contributed by atoms with Crippen LogP contribution in [0.4, 0.5) is 0 Å². The number of carbonyl (C=O) groups excluding carboxylic acids is 1. The van der Waals surface area contributed by atoms with Gasteiger partial charge in [-0.25, -0.2) is 9.50 Å². The third-order valence-corrected chi connectivity index (χ3v) is 6.21. The molecule has 1 fully saturated rings. The zero-order chi connectivity index (χ0) is 21.1. The highest BCUT2D eigenvalue weighted by Crippen LogP contribution is 2.17. The molecular weight excluding hydrogens is 396 g/mol. The van der Waals surface area contributed by atoms with Gasteiger partial charge in [0.05, 0.1) is 6.42 Å². The Labute approximate surface area is 181 Å². The van der Waals surface area contributed by atoms with Gasteiger partial charge in [0, 0.05) is 30.0 Å². The molecule has 30 heavy (non-hydrogen) atoms. The predicted molar refractivity (Wildman–Crippen MR) is 119 cm³/mol. The molecule has 1 N–H and O–H groups in total. The number of likely N-dealkylation sites (tertiary alicyclic amines) is 1. The van der Waals surface area contributed by atoms with Crippen molar-refractivity contribution in [2.45, 2.75) is 51.4 Å². The molecule has 1 amide bonds. The van der Waals surface area contributed by atoms with Gasteiger partial charge in [-0.3, -0.25) is 9.69 Å². The Balaban J connectivity index is 1.36. The summed E-state index contributed by atoms with van der Waals surface area (Å²) in [6.45, 7) is 7.82. The molecule has 1 aliphatic rings. The first-order chi connectivity index (χ1) is 14.5. The molecule has 0 spiro atoms. The molecule has 0 saturated carbocycles. The summed E-state index contributed by atoms with van der Waals surface area (Å²) in [5.74, 6) is 0.557. The molecule has 4 rings (SSSR count). The number of nitrogens with one attached hydrogen (secondary N) is 1. The number of hydrogen-bond acceptors (Lipinski definition) is 6. The van der Waals surface area contributed by atoms with E-state index in [4.69, 9.17) is 0 Å². The van der Waals surface area contributed by atoms with E-state index in [1.165, 1.54) is 43.3 Å². The van der Waals surface area contributed by atoms with E-state index in [1.807, 2.05) is 20.1 Å². The van der Waals surface area contributed by atoms with Crippen molar-refractivity contribution >= 4 is 23.4 Å². The van der Waals surface area contributed by atoms with E-state index in [-0.39, 0.29) is 12.3 Å². The van der Waals surface area contributed by atoms with Gasteiger partial charge in [0.2, 0.25) is 11.1 Å². The van der Waals surface area contributed by atoms with Crippen molar-refractivity contribution < 1.29 is 4.79 Å². The average Bonchev–Trinajstić information content (AvgIpc) is 3.40. The van der Waals surface area contributed by atoms with Gasteiger partial charge < -0.3 is 5.32 Å². The van der Waals surface area contributed by atoms with Crippen molar-refractivity contribution in [3.05, 3.63) is 52.3 Å². The quantitative estimate of drug-likeness (QED) is 0.588. The minimum absolute atomic E-state index is 0.0197. The van der Waals surface area contributed by atoms with Crippen LogP contribution in [0.15, 0.2) is 29.4 Å². The second-order valence-electron chi connectivity index (χ2n) is 7.82. The lowest BCUT2D eigenvalue weighted by Crippen LogP contribution is -2.26. The minimum atomic E-state index is -0.0197. The van der Waals surface area contributed by atoms with E-state index in [1.54, 1.807) is 4.52 Å². The molecule has 0 bridgehead atoms. The minimum Gasteiger partial charge on any atom is -0.352 e. The van der Waals surface area contributed by atoms with Gasteiger partial charge in [-0.1, -0.05) is 36.0 Å². The first-order valence-corrected chi connectivity index (χ1v) is 11.6. The van der Waals surface area contributed by atoms with Crippen LogP contribution in [-0.4, -0.2) is 49.7 Å². The summed E-state index contributed by atoms with van der Waals surface area (Å²) in [6, 6.07) is 8.55. The van der Waals surface area contributed by atoms with Crippen LogP contribution in [-0.2, 0) is 24.3 Å². The normalized spacial score (nSPS) is 14.5. The molecule has 3 heterocycles. The van der Waals surface area contributed by atoms with E-state index in [2.05, 4.69) is 49.5 Å². The molecule has 1 aromatic carbocycles. The molecule has 0 aliphatic carbocycles. The fourth-order valence-electron chi connectivity index (χ4n) is 3.92. The Morgan fingerprint density at radius 3 is 2.50 bits per heavy atom. The van der Waals surface area contributed by atoms with Gasteiger partial charge in [-0.05, 0) is 57.2 Å². The number of carbonyl (C=O) groups is 1. The average molecular weight is 425 g/mol. The van der Waals surface area contributed by atoms with Gasteiger partial charge in [0.15, 0.2) is 0 Å². The number of fused-ring (bicyclic) bond motifs is 1. The van der Waals surface area contributed by atoms with E-state index in [0.29, 0.717) is 17.5 Å². The third-order valence-electron chi connectivity index (χ3n) is 5.67. The number of benzene rings is 1. The summed E-state index contributed by atoms with van der Waals surface area (Å²) in [7, 11) is 0. The van der Waals surface area contributed by atoms with Gasteiger partial charge >= 0.3 is 0 Å². The highest BCUT2D eigenvalue weighted by Gasteiger charge is 2.16. The van der Waals surface area contributed by atoms with Gasteiger partial charge in [0.1, 0.15) is 0 Å². The maximum Gasteiger partial charge on any atom is 0.253 e. The monoisotopic (exact) mass is 424 g/mol. The van der Waals surface area contributed by atoms with E-state index >= 15 is 0 Å². The first kappa shape index (κ1) is 20.8. The Kier molecular flexibility index (Phi) is 6.34. The van der Waals surface area contributed by atoms with Crippen LogP contribution in [0.2, 0.25) is 0 Å². The van der Waals surface area contributed by atoms with Gasteiger partial charge in [-0.15, -0.1) is 5.10 Å². The predicted octanol–water partition coefficient (Wildman–Crippen LogP) is 2.92. The van der Waals surface area contributed by atoms with Crippen molar-refractivity contribution in [3.8, 4) is 0 Å². The number of amides is 1. The lowest BCUT2D eigenvalue weighted by atomic mass is 10.1. The summed E-state index contributed by atoms with van der Waals surface area (Å²) < 4.78 is 1.72. The second-order valence-corrected chi connectivity index (χ2v) is 8.60. The highest BCUT2D eigenvalue weighted by molar-refractivity contribution is 7.98. The third kappa shape index (κ3) is 4.65. The smallest absolute Gasteiger partial charge is 0.253 e. The van der Waals surface area contributed by atoms with Crippen molar-refractivity contribution in [2.75, 3.05) is 19.3 Å². The Morgan fingerprint density at radius 1 is 1.10 bits per heavy atom. The summed E-state index contributed by atoms with van der Waals surface area (Å²) in [6.07, 6.45) is 4.83. The molecule has 7 nitrogen and oxygen atoms in total. The van der Waals surface area contributed by atoms with E-state index in [9.17, 15) is 4.79 Å². The van der Waals surface area contributed by atoms with Crippen LogP contribution in [0.5, 0.6) is 0 Å². The fourth-order valence-corrected chi connectivity index (χ4v) is 4.25. The van der Waals surface area contributed by atoms with Crippen molar-refractivity contribution in [3.63, 3.8) is 0 Å². The standard InChI is InChI=1S/C22H28N6OS/c1-15-19(16(2)28-21(24-15)25-22(26-28)30-3)12-20(29)23-13-17-6-8-18(9-7-17)14-27-10-4-5-11-27/h6-9H,4-5,10-14H2,1-3H3,(H,23,29). The summed E-state index contributed by atoms with van der Waals surface area (Å²) in [4.78, 5) is 24.0. The molecule has 1 aliphatic heterocycles. The zero-order valence-corrected chi connectivity index (χ0v) is 18.6. The lowest BCUT2D eigenvalue weighted by Gasteiger charge is -2.15. The van der Waals surface area contributed by atoms with Crippen LogP contribution in [0.1, 0.15) is 40.9 Å². The van der Waals surface area contributed by atoms with E-state index in [0.717, 1.165) is 29.1 Å². The topological polar surface area (TPSA) is 75.4 Å². The Bertz CT molecular complexity index is 1040. The zero-order valence-electron chi connectivity index (χ0n) is 17.8.